The van der Waals surface area contributed by atoms with Gasteiger partial charge in [-0.3, -0.25) is 8.97 Å². The summed E-state index contributed by atoms with van der Waals surface area (Å²) >= 11 is 0. The molecule has 4 heterocycles. The summed E-state index contributed by atoms with van der Waals surface area (Å²) in [6.07, 6.45) is 7.16. The van der Waals surface area contributed by atoms with Crippen LogP contribution in [0.3, 0.4) is 0 Å². The molecule has 29 heavy (non-hydrogen) atoms. The number of pyridine rings is 2. The van der Waals surface area contributed by atoms with Crippen LogP contribution < -0.4 is 5.32 Å². The predicted octanol–water partition coefficient (Wildman–Crippen LogP) is 3.86. The van der Waals surface area contributed by atoms with Crippen molar-refractivity contribution in [1.82, 2.24) is 23.9 Å². The Morgan fingerprint density at radius 3 is 2.83 bits per heavy atom. The molecule has 0 unspecified atom stereocenters. The van der Waals surface area contributed by atoms with Crippen LogP contribution in [0.5, 0.6) is 0 Å². The maximum atomic E-state index is 9.61. The van der Waals surface area contributed by atoms with Crippen LogP contribution in [-0.2, 0) is 6.54 Å². The Labute approximate surface area is 166 Å². The summed E-state index contributed by atoms with van der Waals surface area (Å²) in [6, 6.07) is 16.2. The van der Waals surface area contributed by atoms with Crippen molar-refractivity contribution in [2.75, 3.05) is 5.32 Å². The standard InChI is InChI=1S/C22H17N7/c1-15-10-21(26-13-16-6-7-20(25-12-16)28-9-8-24-14-28)29-19-5-3-2-4-18(19)27-22(29)17(15)11-23/h2-10,12,14,26H,13H2,1H3. The van der Waals surface area contributed by atoms with Crippen LogP contribution in [0.1, 0.15) is 16.7 Å². The van der Waals surface area contributed by atoms with Crippen LogP contribution in [-0.4, -0.2) is 23.9 Å². The van der Waals surface area contributed by atoms with Gasteiger partial charge in [0.05, 0.1) is 16.6 Å². The molecule has 0 amide bonds. The number of rotatable bonds is 4. The van der Waals surface area contributed by atoms with Gasteiger partial charge < -0.3 is 5.32 Å². The Kier molecular flexibility index (Phi) is 3.96. The topological polar surface area (TPSA) is 83.8 Å². The van der Waals surface area contributed by atoms with Crippen LogP contribution >= 0.6 is 0 Å². The average Bonchev–Trinajstić information content (AvgIpc) is 3.41. The molecular formula is C22H17N7. The molecule has 5 rings (SSSR count). The maximum absolute atomic E-state index is 9.61. The number of para-hydroxylation sites is 2. The molecule has 0 fully saturated rings. The van der Waals surface area contributed by atoms with Crippen molar-refractivity contribution >= 4 is 22.5 Å². The van der Waals surface area contributed by atoms with E-state index in [1.807, 2.05) is 70.7 Å². The molecule has 0 spiro atoms. The number of nitriles is 1. The highest BCUT2D eigenvalue weighted by atomic mass is 15.1. The number of anilines is 1. The van der Waals surface area contributed by atoms with Gasteiger partial charge in [0, 0.05) is 25.1 Å². The highest BCUT2D eigenvalue weighted by molar-refractivity contribution is 5.85. The number of nitrogens with zero attached hydrogens (tertiary/aromatic N) is 6. The zero-order valence-corrected chi connectivity index (χ0v) is 15.7. The zero-order chi connectivity index (χ0) is 19.8. The van der Waals surface area contributed by atoms with E-state index in [4.69, 9.17) is 0 Å². The number of benzene rings is 1. The van der Waals surface area contributed by atoms with Gasteiger partial charge in [-0.2, -0.15) is 5.26 Å². The molecule has 1 N–H and O–H groups in total. The van der Waals surface area contributed by atoms with Crippen molar-refractivity contribution in [3.05, 3.63) is 84.1 Å². The first-order chi connectivity index (χ1) is 14.2. The third-order valence-electron chi connectivity index (χ3n) is 4.94. The van der Waals surface area contributed by atoms with Crippen LogP contribution in [0, 0.1) is 18.3 Å². The smallest absolute Gasteiger partial charge is 0.157 e. The summed E-state index contributed by atoms with van der Waals surface area (Å²) in [5, 5.41) is 13.1. The van der Waals surface area contributed by atoms with E-state index in [1.54, 1.807) is 12.5 Å². The second-order valence-corrected chi connectivity index (χ2v) is 6.81. The summed E-state index contributed by atoms with van der Waals surface area (Å²) in [5.74, 6) is 1.72. The van der Waals surface area contributed by atoms with Gasteiger partial charge in [-0.05, 0) is 42.3 Å². The summed E-state index contributed by atoms with van der Waals surface area (Å²) in [7, 11) is 0. The summed E-state index contributed by atoms with van der Waals surface area (Å²) in [6.45, 7) is 2.54. The van der Waals surface area contributed by atoms with Gasteiger partial charge in [-0.15, -0.1) is 0 Å². The minimum absolute atomic E-state index is 0.595. The Morgan fingerprint density at radius 1 is 1.17 bits per heavy atom. The highest BCUT2D eigenvalue weighted by Crippen LogP contribution is 2.26. The van der Waals surface area contributed by atoms with Gasteiger partial charge in [-0.25, -0.2) is 15.0 Å². The van der Waals surface area contributed by atoms with E-state index in [-0.39, 0.29) is 0 Å². The fourth-order valence-electron chi connectivity index (χ4n) is 3.49. The molecule has 0 aliphatic heterocycles. The molecule has 7 heteroatoms. The van der Waals surface area contributed by atoms with E-state index in [9.17, 15) is 5.26 Å². The van der Waals surface area contributed by atoms with E-state index in [0.717, 1.165) is 33.8 Å². The van der Waals surface area contributed by atoms with Crippen LogP contribution in [0.15, 0.2) is 67.4 Å². The molecule has 5 aromatic rings. The summed E-state index contributed by atoms with van der Waals surface area (Å²) in [5.41, 5.74) is 5.04. The molecule has 0 radical (unpaired) electrons. The van der Waals surface area contributed by atoms with Gasteiger partial charge in [-0.1, -0.05) is 18.2 Å². The predicted molar refractivity (Wildman–Crippen MR) is 111 cm³/mol. The van der Waals surface area contributed by atoms with Gasteiger partial charge >= 0.3 is 0 Å². The summed E-state index contributed by atoms with van der Waals surface area (Å²) < 4.78 is 3.87. The minimum Gasteiger partial charge on any atom is -0.367 e. The first-order valence-corrected chi connectivity index (χ1v) is 9.22. The minimum atomic E-state index is 0.595. The summed E-state index contributed by atoms with van der Waals surface area (Å²) in [4.78, 5) is 13.2. The number of nitrogens with one attached hydrogen (secondary N) is 1. The highest BCUT2D eigenvalue weighted by Gasteiger charge is 2.14. The normalized spacial score (nSPS) is 11.0. The Morgan fingerprint density at radius 2 is 2.07 bits per heavy atom. The number of aryl methyl sites for hydroxylation is 1. The van der Waals surface area contributed by atoms with E-state index in [0.29, 0.717) is 17.8 Å². The lowest BCUT2D eigenvalue weighted by Gasteiger charge is -2.12. The number of imidazole rings is 2. The first-order valence-electron chi connectivity index (χ1n) is 9.22. The van der Waals surface area contributed by atoms with Gasteiger partial charge in [0.15, 0.2) is 5.65 Å². The molecule has 0 bridgehead atoms. The Balaban J connectivity index is 1.51. The van der Waals surface area contributed by atoms with Gasteiger partial charge in [0.1, 0.15) is 24.0 Å². The molecule has 0 aliphatic carbocycles. The SMILES string of the molecule is Cc1cc(NCc2ccc(-n3ccnc3)nc2)n2c(nc3ccccc32)c1C#N. The second-order valence-electron chi connectivity index (χ2n) is 6.81. The van der Waals surface area contributed by atoms with E-state index in [2.05, 4.69) is 26.3 Å². The van der Waals surface area contributed by atoms with Crippen molar-refractivity contribution in [2.45, 2.75) is 13.5 Å². The molecule has 4 aromatic heterocycles. The first kappa shape index (κ1) is 17.0. The lowest BCUT2D eigenvalue weighted by molar-refractivity contribution is 0.975. The van der Waals surface area contributed by atoms with Crippen LogP contribution in [0.25, 0.3) is 22.5 Å². The third-order valence-corrected chi connectivity index (χ3v) is 4.94. The Hall–Kier alpha value is -4.18. The fourth-order valence-corrected chi connectivity index (χ4v) is 3.49. The van der Waals surface area contributed by atoms with Crippen LogP contribution in [0.2, 0.25) is 0 Å². The maximum Gasteiger partial charge on any atom is 0.157 e. The largest absolute Gasteiger partial charge is 0.367 e. The number of hydrogen-bond acceptors (Lipinski definition) is 5. The van der Waals surface area contributed by atoms with Crippen molar-refractivity contribution in [1.29, 1.82) is 5.26 Å². The van der Waals surface area contributed by atoms with Crippen molar-refractivity contribution in [3.63, 3.8) is 0 Å². The van der Waals surface area contributed by atoms with Crippen molar-refractivity contribution in [3.8, 4) is 11.9 Å². The van der Waals surface area contributed by atoms with E-state index in [1.165, 1.54) is 0 Å². The van der Waals surface area contributed by atoms with Gasteiger partial charge in [0.25, 0.3) is 0 Å². The van der Waals surface area contributed by atoms with E-state index >= 15 is 0 Å². The second kappa shape index (κ2) is 6.77. The van der Waals surface area contributed by atoms with Crippen molar-refractivity contribution in [2.24, 2.45) is 0 Å². The molecule has 140 valence electrons. The van der Waals surface area contributed by atoms with E-state index < -0.39 is 0 Å². The van der Waals surface area contributed by atoms with Crippen molar-refractivity contribution < 1.29 is 0 Å². The lowest BCUT2D eigenvalue weighted by atomic mass is 10.1. The quantitative estimate of drug-likeness (QED) is 0.513. The number of hydrogen-bond donors (Lipinski definition) is 1. The molecular weight excluding hydrogens is 362 g/mol. The molecule has 7 nitrogen and oxygen atoms in total. The molecule has 0 saturated carbocycles. The molecule has 0 saturated heterocycles. The molecule has 1 aromatic carbocycles. The lowest BCUT2D eigenvalue weighted by Crippen LogP contribution is -2.07. The number of fused-ring (bicyclic) bond motifs is 3. The third kappa shape index (κ3) is 2.87. The zero-order valence-electron chi connectivity index (χ0n) is 15.7. The van der Waals surface area contributed by atoms with Gasteiger partial charge in [0.2, 0.25) is 0 Å². The molecule has 0 aliphatic rings. The average molecular weight is 379 g/mol. The van der Waals surface area contributed by atoms with Crippen LogP contribution in [0.4, 0.5) is 5.82 Å². The molecule has 0 atom stereocenters. The fraction of sp³-hybridized carbons (Fsp3) is 0.0909. The Bertz CT molecular complexity index is 1360. The monoisotopic (exact) mass is 379 g/mol. The number of aromatic nitrogens is 5.